The molecule has 2 unspecified atom stereocenters. The third kappa shape index (κ3) is 2.96. The fourth-order valence-corrected chi connectivity index (χ4v) is 2.43. The van der Waals surface area contributed by atoms with Crippen molar-refractivity contribution in [2.24, 2.45) is 0 Å². The van der Waals surface area contributed by atoms with Gasteiger partial charge in [0, 0.05) is 6.54 Å². The van der Waals surface area contributed by atoms with Gasteiger partial charge in [-0.3, -0.25) is 0 Å². The van der Waals surface area contributed by atoms with Crippen LogP contribution in [0.5, 0.6) is 11.5 Å². The van der Waals surface area contributed by atoms with Crippen molar-refractivity contribution in [2.45, 2.75) is 25.0 Å². The Morgan fingerprint density at radius 1 is 1.50 bits per heavy atom. The van der Waals surface area contributed by atoms with E-state index >= 15 is 0 Å². The van der Waals surface area contributed by atoms with Crippen LogP contribution in [0.1, 0.15) is 13.3 Å². The Labute approximate surface area is 115 Å². The number of methoxy groups -OCH3 is 1. The van der Waals surface area contributed by atoms with Crippen LogP contribution in [0.25, 0.3) is 0 Å². The number of aliphatic hydroxyl groups is 1. The van der Waals surface area contributed by atoms with E-state index in [4.69, 9.17) is 9.47 Å². The summed E-state index contributed by atoms with van der Waals surface area (Å²) in [5, 5.41) is 13.5. The highest BCUT2D eigenvalue weighted by molar-refractivity contribution is 9.10. The van der Waals surface area contributed by atoms with Crippen LogP contribution in [-0.4, -0.2) is 37.0 Å². The van der Waals surface area contributed by atoms with Gasteiger partial charge < -0.3 is 19.9 Å². The lowest BCUT2D eigenvalue weighted by molar-refractivity contribution is -0.0660. The Morgan fingerprint density at radius 3 is 2.89 bits per heavy atom. The Balaban J connectivity index is 2.13. The van der Waals surface area contributed by atoms with Gasteiger partial charge in [0.25, 0.3) is 0 Å². The van der Waals surface area contributed by atoms with Crippen LogP contribution in [-0.2, 0) is 0 Å². The second kappa shape index (κ2) is 5.47. The summed E-state index contributed by atoms with van der Waals surface area (Å²) in [5.41, 5.74) is -0.801. The van der Waals surface area contributed by atoms with Gasteiger partial charge in [-0.15, -0.1) is 0 Å². The number of hydrogen-bond acceptors (Lipinski definition) is 4. The average molecular weight is 316 g/mol. The van der Waals surface area contributed by atoms with Gasteiger partial charge in [0.15, 0.2) is 0 Å². The molecule has 0 bridgehead atoms. The lowest BCUT2D eigenvalue weighted by Gasteiger charge is -2.37. The minimum Gasteiger partial charge on any atom is -0.497 e. The van der Waals surface area contributed by atoms with Crippen LogP contribution in [0.15, 0.2) is 22.7 Å². The second-order valence-corrected chi connectivity index (χ2v) is 5.57. The van der Waals surface area contributed by atoms with Crippen molar-refractivity contribution in [3.63, 3.8) is 0 Å². The maximum atomic E-state index is 10.3. The van der Waals surface area contributed by atoms with Gasteiger partial charge in [0.05, 0.1) is 11.6 Å². The highest BCUT2D eigenvalue weighted by Crippen LogP contribution is 2.32. The van der Waals surface area contributed by atoms with E-state index in [1.807, 2.05) is 25.1 Å². The molecular formula is C13H18BrNO3. The van der Waals surface area contributed by atoms with Crippen molar-refractivity contribution in [2.75, 3.05) is 20.2 Å². The summed E-state index contributed by atoms with van der Waals surface area (Å²) in [7, 11) is 1.62. The first-order chi connectivity index (χ1) is 8.53. The number of ether oxygens (including phenoxy) is 2. The highest BCUT2D eigenvalue weighted by atomic mass is 79.9. The van der Waals surface area contributed by atoms with Crippen LogP contribution >= 0.6 is 15.9 Å². The number of benzene rings is 1. The second-order valence-electron chi connectivity index (χ2n) is 4.71. The van der Waals surface area contributed by atoms with Gasteiger partial charge in [-0.25, -0.2) is 0 Å². The van der Waals surface area contributed by atoms with Crippen LogP contribution in [0.2, 0.25) is 0 Å². The predicted molar refractivity (Wildman–Crippen MR) is 73.2 cm³/mol. The molecule has 1 aromatic carbocycles. The molecule has 2 rings (SSSR count). The molecule has 0 spiro atoms. The molecule has 100 valence electrons. The molecule has 0 radical (unpaired) electrons. The van der Waals surface area contributed by atoms with E-state index in [1.54, 1.807) is 7.11 Å². The number of piperidine rings is 1. The van der Waals surface area contributed by atoms with Gasteiger partial charge in [-0.05, 0) is 54.0 Å². The first kappa shape index (κ1) is 13.6. The third-order valence-electron chi connectivity index (χ3n) is 3.24. The van der Waals surface area contributed by atoms with Gasteiger partial charge in [-0.1, -0.05) is 0 Å². The Hall–Kier alpha value is -0.780. The topological polar surface area (TPSA) is 50.7 Å². The molecule has 2 atom stereocenters. The molecule has 1 fully saturated rings. The zero-order valence-corrected chi connectivity index (χ0v) is 12.2. The molecule has 5 heteroatoms. The maximum Gasteiger partial charge on any atom is 0.139 e. The Kier molecular flexibility index (Phi) is 4.14. The number of hydrogen-bond donors (Lipinski definition) is 2. The SMILES string of the molecule is COc1ccc(OC2CNCCC2(C)O)c(Br)c1. The molecule has 1 aliphatic heterocycles. The van der Waals surface area contributed by atoms with Gasteiger partial charge >= 0.3 is 0 Å². The minimum absolute atomic E-state index is 0.254. The Morgan fingerprint density at radius 2 is 2.28 bits per heavy atom. The zero-order valence-electron chi connectivity index (χ0n) is 10.6. The third-order valence-corrected chi connectivity index (χ3v) is 3.86. The molecule has 0 aliphatic carbocycles. The smallest absolute Gasteiger partial charge is 0.139 e. The van der Waals surface area contributed by atoms with Crippen LogP contribution in [0.4, 0.5) is 0 Å². The van der Waals surface area contributed by atoms with Crippen LogP contribution in [0, 0.1) is 0 Å². The molecule has 1 heterocycles. The molecule has 4 nitrogen and oxygen atoms in total. The Bertz CT molecular complexity index is 423. The fourth-order valence-electron chi connectivity index (χ4n) is 1.98. The summed E-state index contributed by atoms with van der Waals surface area (Å²) in [4.78, 5) is 0. The standard InChI is InChI=1S/C13H18BrNO3/c1-13(16)5-6-15-8-12(13)18-11-4-3-9(17-2)7-10(11)14/h3-4,7,12,15-16H,5-6,8H2,1-2H3. The zero-order chi connectivity index (χ0) is 13.2. The van der Waals surface area contributed by atoms with E-state index in [-0.39, 0.29) is 6.10 Å². The first-order valence-electron chi connectivity index (χ1n) is 5.96. The van der Waals surface area contributed by atoms with E-state index in [2.05, 4.69) is 21.2 Å². The van der Waals surface area contributed by atoms with Crippen LogP contribution < -0.4 is 14.8 Å². The maximum absolute atomic E-state index is 10.3. The molecule has 0 amide bonds. The first-order valence-corrected chi connectivity index (χ1v) is 6.75. The van der Waals surface area contributed by atoms with Crippen molar-refractivity contribution < 1.29 is 14.6 Å². The van der Waals surface area contributed by atoms with E-state index in [0.717, 1.165) is 16.8 Å². The predicted octanol–water partition coefficient (Wildman–Crippen LogP) is 1.95. The lowest BCUT2D eigenvalue weighted by Crippen LogP contribution is -2.55. The van der Waals surface area contributed by atoms with Crippen molar-refractivity contribution in [1.82, 2.24) is 5.32 Å². The van der Waals surface area contributed by atoms with Gasteiger partial charge in [0.1, 0.15) is 23.2 Å². The van der Waals surface area contributed by atoms with Crippen LogP contribution in [0.3, 0.4) is 0 Å². The molecule has 0 saturated carbocycles. The van der Waals surface area contributed by atoms with E-state index < -0.39 is 5.60 Å². The number of nitrogens with one attached hydrogen (secondary N) is 1. The monoisotopic (exact) mass is 315 g/mol. The summed E-state index contributed by atoms with van der Waals surface area (Å²) >= 11 is 3.45. The van der Waals surface area contributed by atoms with E-state index in [9.17, 15) is 5.11 Å². The summed E-state index contributed by atoms with van der Waals surface area (Å²) in [6, 6.07) is 5.53. The normalized spacial score (nSPS) is 27.9. The van der Waals surface area contributed by atoms with Crippen molar-refractivity contribution in [3.8, 4) is 11.5 Å². The molecule has 1 aliphatic rings. The van der Waals surface area contributed by atoms with Crippen molar-refractivity contribution in [3.05, 3.63) is 22.7 Å². The lowest BCUT2D eigenvalue weighted by atomic mass is 9.92. The number of halogens is 1. The fraction of sp³-hybridized carbons (Fsp3) is 0.538. The van der Waals surface area contributed by atoms with Gasteiger partial charge in [0.2, 0.25) is 0 Å². The molecule has 2 N–H and O–H groups in total. The molecule has 18 heavy (non-hydrogen) atoms. The molecule has 1 saturated heterocycles. The summed E-state index contributed by atoms with van der Waals surface area (Å²) < 4.78 is 11.8. The minimum atomic E-state index is -0.801. The number of rotatable bonds is 3. The molecule has 0 aromatic heterocycles. The highest BCUT2D eigenvalue weighted by Gasteiger charge is 2.36. The van der Waals surface area contributed by atoms with Crippen molar-refractivity contribution >= 4 is 15.9 Å². The van der Waals surface area contributed by atoms with Crippen molar-refractivity contribution in [1.29, 1.82) is 0 Å². The quantitative estimate of drug-likeness (QED) is 0.895. The molecule has 1 aromatic rings. The summed E-state index contributed by atoms with van der Waals surface area (Å²) in [5.74, 6) is 1.48. The van der Waals surface area contributed by atoms with E-state index in [1.165, 1.54) is 0 Å². The van der Waals surface area contributed by atoms with Gasteiger partial charge in [-0.2, -0.15) is 0 Å². The summed E-state index contributed by atoms with van der Waals surface area (Å²) in [6.45, 7) is 3.28. The summed E-state index contributed by atoms with van der Waals surface area (Å²) in [6.07, 6.45) is 0.432. The average Bonchev–Trinajstić information content (AvgIpc) is 2.33. The largest absolute Gasteiger partial charge is 0.497 e. The molecular weight excluding hydrogens is 298 g/mol. The van der Waals surface area contributed by atoms with E-state index in [0.29, 0.717) is 18.7 Å².